The SMILES string of the molecule is CCCCCCC/C=C\C/C=C\CCCCCCCCCCCCCCCCCCCCCCCC(=O)NC(COC1OC(CO)C(OC2OC(CO)C(OC3OC(CO)C(O)C(O)C3O)C(O)C2O)C(O)C1O)C(O)/C=C/CCCCCCCCC. The van der Waals surface area contributed by atoms with Crippen molar-refractivity contribution in [3.63, 3.8) is 0 Å². The molecule has 0 saturated carbocycles. The average Bonchev–Trinajstić information content (AvgIpc) is 1.04. The summed E-state index contributed by atoms with van der Waals surface area (Å²) in [6.07, 6.45) is 31.7. The number of rotatable bonds is 53. The molecular formula is C68H125NO18. The highest BCUT2D eigenvalue weighted by atomic mass is 16.8. The molecule has 3 fully saturated rings. The Bertz CT molecular complexity index is 1720. The van der Waals surface area contributed by atoms with Crippen molar-refractivity contribution in [2.24, 2.45) is 0 Å². The molecule has 3 aliphatic rings. The first-order valence-electron chi connectivity index (χ1n) is 34.7. The maximum absolute atomic E-state index is 13.3. The van der Waals surface area contributed by atoms with Gasteiger partial charge in [0.05, 0.1) is 38.6 Å². The highest BCUT2D eigenvalue weighted by Gasteiger charge is 2.53. The maximum atomic E-state index is 13.3. The topological polar surface area (TPSA) is 307 Å². The van der Waals surface area contributed by atoms with Crippen LogP contribution >= 0.6 is 0 Å². The van der Waals surface area contributed by atoms with Gasteiger partial charge in [0.15, 0.2) is 18.9 Å². The molecule has 17 atom stereocenters. The van der Waals surface area contributed by atoms with Gasteiger partial charge in [-0.3, -0.25) is 4.79 Å². The zero-order valence-electron chi connectivity index (χ0n) is 53.8. The van der Waals surface area contributed by atoms with Crippen molar-refractivity contribution in [3.05, 3.63) is 36.5 Å². The van der Waals surface area contributed by atoms with Crippen LogP contribution < -0.4 is 5.32 Å². The number of carbonyl (C=O) groups is 1. The van der Waals surface area contributed by atoms with E-state index in [0.717, 1.165) is 51.4 Å². The summed E-state index contributed by atoms with van der Waals surface area (Å²) in [5, 5.41) is 120. The Labute approximate surface area is 523 Å². The number of hydrogen-bond donors (Lipinski definition) is 12. The number of aliphatic hydroxyl groups excluding tert-OH is 11. The summed E-state index contributed by atoms with van der Waals surface area (Å²) in [7, 11) is 0. The second kappa shape index (κ2) is 50.6. The summed E-state index contributed by atoms with van der Waals surface area (Å²) < 4.78 is 34.2. The van der Waals surface area contributed by atoms with E-state index in [9.17, 15) is 61.0 Å². The Balaban J connectivity index is 1.31. The Kier molecular flexibility index (Phi) is 46.0. The molecular weight excluding hydrogens is 1120 g/mol. The smallest absolute Gasteiger partial charge is 0.220 e. The molecule has 0 aromatic heterocycles. The first-order chi connectivity index (χ1) is 42.3. The molecule has 0 spiro atoms. The highest BCUT2D eigenvalue weighted by molar-refractivity contribution is 5.76. The van der Waals surface area contributed by atoms with Gasteiger partial charge in [0, 0.05) is 6.42 Å². The molecule has 0 aromatic carbocycles. The van der Waals surface area contributed by atoms with Gasteiger partial charge >= 0.3 is 0 Å². The lowest BCUT2D eigenvalue weighted by atomic mass is 9.96. The minimum atomic E-state index is -1.98. The largest absolute Gasteiger partial charge is 0.394 e. The van der Waals surface area contributed by atoms with Gasteiger partial charge in [0.25, 0.3) is 0 Å². The molecule has 3 saturated heterocycles. The molecule has 510 valence electrons. The number of allylic oxidation sites excluding steroid dienone is 5. The lowest BCUT2D eigenvalue weighted by Gasteiger charge is -2.48. The number of hydrogen-bond acceptors (Lipinski definition) is 18. The Morgan fingerprint density at radius 3 is 1.17 bits per heavy atom. The number of nitrogens with one attached hydrogen (secondary N) is 1. The van der Waals surface area contributed by atoms with Crippen LogP contribution in [0.15, 0.2) is 36.5 Å². The number of aliphatic hydroxyl groups is 11. The maximum Gasteiger partial charge on any atom is 0.220 e. The molecule has 3 rings (SSSR count). The van der Waals surface area contributed by atoms with E-state index in [2.05, 4.69) is 43.5 Å². The first kappa shape index (κ1) is 79.2. The van der Waals surface area contributed by atoms with E-state index < -0.39 is 124 Å². The normalized spacial score (nSPS) is 28.8. The third-order valence-electron chi connectivity index (χ3n) is 17.4. The molecule has 19 heteroatoms. The van der Waals surface area contributed by atoms with Crippen LogP contribution in [0.1, 0.15) is 258 Å². The van der Waals surface area contributed by atoms with E-state index in [0.29, 0.717) is 6.42 Å². The molecule has 3 aliphatic heterocycles. The van der Waals surface area contributed by atoms with Crippen LogP contribution in [0.5, 0.6) is 0 Å². The molecule has 3 heterocycles. The molecule has 17 unspecified atom stereocenters. The van der Waals surface area contributed by atoms with E-state index >= 15 is 0 Å². The number of carbonyl (C=O) groups excluding carboxylic acids is 1. The summed E-state index contributed by atoms with van der Waals surface area (Å²) in [5.74, 6) is -0.275. The Morgan fingerprint density at radius 1 is 0.414 bits per heavy atom. The zero-order chi connectivity index (χ0) is 63.3. The van der Waals surface area contributed by atoms with Crippen LogP contribution in [0.4, 0.5) is 0 Å². The van der Waals surface area contributed by atoms with Crippen LogP contribution in [0.25, 0.3) is 0 Å². The summed E-state index contributed by atoms with van der Waals surface area (Å²) in [5.41, 5.74) is 0. The fourth-order valence-corrected chi connectivity index (χ4v) is 11.8. The summed E-state index contributed by atoms with van der Waals surface area (Å²) in [6.45, 7) is 1.69. The van der Waals surface area contributed by atoms with Gasteiger partial charge in [0.2, 0.25) is 5.91 Å². The van der Waals surface area contributed by atoms with E-state index in [1.807, 2.05) is 6.08 Å². The molecule has 19 nitrogen and oxygen atoms in total. The third-order valence-corrected chi connectivity index (χ3v) is 17.4. The Morgan fingerprint density at radius 2 is 0.759 bits per heavy atom. The molecule has 87 heavy (non-hydrogen) atoms. The second-order valence-electron chi connectivity index (χ2n) is 25.0. The lowest BCUT2D eigenvalue weighted by Crippen LogP contribution is -2.66. The summed E-state index contributed by atoms with van der Waals surface area (Å²) in [6, 6.07) is -0.969. The predicted octanol–water partition coefficient (Wildman–Crippen LogP) is 8.83. The molecule has 0 aromatic rings. The summed E-state index contributed by atoms with van der Waals surface area (Å²) >= 11 is 0. The number of ether oxygens (including phenoxy) is 6. The minimum absolute atomic E-state index is 0.246. The van der Waals surface area contributed by atoms with Gasteiger partial charge in [-0.05, 0) is 51.4 Å². The van der Waals surface area contributed by atoms with Crippen LogP contribution in [0, 0.1) is 0 Å². The molecule has 12 N–H and O–H groups in total. The molecule has 0 aliphatic carbocycles. The fraction of sp³-hybridized carbons (Fsp3) is 0.897. The highest BCUT2D eigenvalue weighted by Crippen LogP contribution is 2.33. The third kappa shape index (κ3) is 32.9. The van der Waals surface area contributed by atoms with E-state index in [-0.39, 0.29) is 18.9 Å². The quantitative estimate of drug-likeness (QED) is 0.0200. The van der Waals surface area contributed by atoms with Gasteiger partial charge in [0.1, 0.15) is 73.2 Å². The molecule has 0 radical (unpaired) electrons. The lowest BCUT2D eigenvalue weighted by molar-refractivity contribution is -0.379. The standard InChI is InChI=1S/C68H125NO18/c1-3-5-7-9-11-13-14-15-16-17-18-19-20-21-22-23-24-25-26-27-28-29-30-31-32-33-34-35-36-38-40-42-44-46-56(74)69-51(52(73)45-43-41-39-37-12-10-8-6-4-2)50-82-66-62(80)59(77)64(54(48-71)84-66)87-68-63(81)60(78)65(55(49-72)85-68)86-67-61(79)58(76)57(75)53(47-70)83-67/h14-15,17-18,43,45,51-55,57-68,70-73,75-81H,3-13,16,19-42,44,46-50H2,1-2H3,(H,69,74)/b15-14-,18-17-,45-43+. The van der Waals surface area contributed by atoms with Crippen LogP contribution in [0.3, 0.4) is 0 Å². The predicted molar refractivity (Wildman–Crippen MR) is 337 cm³/mol. The van der Waals surface area contributed by atoms with E-state index in [4.69, 9.17) is 28.4 Å². The van der Waals surface area contributed by atoms with Crippen molar-refractivity contribution in [2.75, 3.05) is 26.4 Å². The average molecular weight is 1240 g/mol. The van der Waals surface area contributed by atoms with Crippen molar-refractivity contribution in [1.29, 1.82) is 0 Å². The molecule has 0 bridgehead atoms. The summed E-state index contributed by atoms with van der Waals surface area (Å²) in [4.78, 5) is 13.3. The second-order valence-corrected chi connectivity index (χ2v) is 25.0. The zero-order valence-corrected chi connectivity index (χ0v) is 53.8. The van der Waals surface area contributed by atoms with Gasteiger partial charge in [-0.1, -0.05) is 237 Å². The first-order valence-corrected chi connectivity index (χ1v) is 34.7. The van der Waals surface area contributed by atoms with Gasteiger partial charge < -0.3 is 89.9 Å². The van der Waals surface area contributed by atoms with Crippen molar-refractivity contribution < 1.29 is 89.4 Å². The van der Waals surface area contributed by atoms with Crippen molar-refractivity contribution in [1.82, 2.24) is 5.32 Å². The van der Waals surface area contributed by atoms with Crippen molar-refractivity contribution >= 4 is 5.91 Å². The fourth-order valence-electron chi connectivity index (χ4n) is 11.8. The monoisotopic (exact) mass is 1240 g/mol. The Hall–Kier alpha value is -1.99. The van der Waals surface area contributed by atoms with Crippen LogP contribution in [-0.4, -0.2) is 193 Å². The van der Waals surface area contributed by atoms with E-state index in [1.165, 1.54) is 180 Å². The number of unbranched alkanes of at least 4 members (excludes halogenated alkanes) is 33. The van der Waals surface area contributed by atoms with E-state index in [1.54, 1.807) is 6.08 Å². The van der Waals surface area contributed by atoms with Crippen molar-refractivity contribution in [2.45, 2.75) is 362 Å². The van der Waals surface area contributed by atoms with Gasteiger partial charge in [-0.15, -0.1) is 0 Å². The van der Waals surface area contributed by atoms with Crippen LogP contribution in [-0.2, 0) is 33.2 Å². The minimum Gasteiger partial charge on any atom is -0.394 e. The van der Waals surface area contributed by atoms with Gasteiger partial charge in [-0.25, -0.2) is 0 Å². The van der Waals surface area contributed by atoms with Crippen LogP contribution in [0.2, 0.25) is 0 Å². The van der Waals surface area contributed by atoms with Gasteiger partial charge in [-0.2, -0.15) is 0 Å². The molecule has 1 amide bonds. The number of amides is 1. The van der Waals surface area contributed by atoms with Crippen molar-refractivity contribution in [3.8, 4) is 0 Å².